The molecule has 1 amide bonds. The van der Waals surface area contributed by atoms with Crippen molar-refractivity contribution in [3.63, 3.8) is 0 Å². The third-order valence-corrected chi connectivity index (χ3v) is 4.15. The van der Waals surface area contributed by atoms with Crippen LogP contribution in [0.5, 0.6) is 0 Å². The molecule has 5 heteroatoms. The number of aryl methyl sites for hydroxylation is 1. The lowest BCUT2D eigenvalue weighted by atomic mass is 10.1. The van der Waals surface area contributed by atoms with Crippen molar-refractivity contribution in [1.29, 1.82) is 0 Å². The van der Waals surface area contributed by atoms with Crippen molar-refractivity contribution in [2.24, 2.45) is 0 Å². The maximum absolute atomic E-state index is 12.1. The molecule has 96 valence electrons. The van der Waals surface area contributed by atoms with Crippen LogP contribution in [0, 0.1) is 6.92 Å². The molecular formula is C13H17N3OS. The summed E-state index contributed by atoms with van der Waals surface area (Å²) in [4.78, 5) is 17.8. The van der Waals surface area contributed by atoms with Gasteiger partial charge in [-0.3, -0.25) is 4.79 Å². The number of pyridine rings is 1. The molecule has 0 bridgehead atoms. The number of nitrogens with zero attached hydrogens (tertiary/aromatic N) is 1. The summed E-state index contributed by atoms with van der Waals surface area (Å²) in [5.41, 5.74) is 7.66. The van der Waals surface area contributed by atoms with E-state index in [0.717, 1.165) is 22.2 Å². The van der Waals surface area contributed by atoms with Crippen LogP contribution in [0.2, 0.25) is 0 Å². The van der Waals surface area contributed by atoms with Crippen LogP contribution in [-0.2, 0) is 0 Å². The first kappa shape index (κ1) is 12.8. The monoisotopic (exact) mass is 263 g/mol. The van der Waals surface area contributed by atoms with Crippen molar-refractivity contribution in [3.8, 4) is 0 Å². The van der Waals surface area contributed by atoms with Crippen molar-refractivity contribution >= 4 is 33.1 Å². The van der Waals surface area contributed by atoms with E-state index in [1.54, 1.807) is 6.20 Å². The van der Waals surface area contributed by atoms with Gasteiger partial charge in [0.25, 0.3) is 5.91 Å². The Hall–Kier alpha value is -1.62. The number of thiophene rings is 1. The van der Waals surface area contributed by atoms with Crippen LogP contribution < -0.4 is 11.1 Å². The lowest BCUT2D eigenvalue weighted by Crippen LogP contribution is -2.31. The minimum absolute atomic E-state index is 0.107. The molecule has 2 aromatic rings. The number of fused-ring (bicyclic) bond motifs is 1. The zero-order chi connectivity index (χ0) is 13.3. The fourth-order valence-electron chi connectivity index (χ4n) is 1.76. The smallest absolute Gasteiger partial charge is 0.263 e. The van der Waals surface area contributed by atoms with E-state index in [0.29, 0.717) is 10.6 Å². The SMILES string of the molecule is CCC(C)NC(=O)c1sc2nccc(C)c2c1N. The molecule has 1 atom stereocenters. The molecule has 0 aliphatic heterocycles. The highest BCUT2D eigenvalue weighted by Gasteiger charge is 2.19. The normalized spacial score (nSPS) is 12.6. The van der Waals surface area contributed by atoms with Gasteiger partial charge >= 0.3 is 0 Å². The molecule has 1 unspecified atom stereocenters. The van der Waals surface area contributed by atoms with E-state index in [-0.39, 0.29) is 11.9 Å². The highest BCUT2D eigenvalue weighted by molar-refractivity contribution is 7.21. The number of anilines is 1. The van der Waals surface area contributed by atoms with E-state index in [4.69, 9.17) is 5.73 Å². The molecule has 0 saturated heterocycles. The quantitative estimate of drug-likeness (QED) is 0.894. The van der Waals surface area contributed by atoms with Gasteiger partial charge in [-0.2, -0.15) is 0 Å². The number of carbonyl (C=O) groups is 1. The molecule has 2 aromatic heterocycles. The molecule has 0 saturated carbocycles. The first-order valence-electron chi connectivity index (χ1n) is 5.99. The Balaban J connectivity index is 2.43. The fraction of sp³-hybridized carbons (Fsp3) is 0.385. The zero-order valence-corrected chi connectivity index (χ0v) is 11.6. The topological polar surface area (TPSA) is 68.0 Å². The van der Waals surface area contributed by atoms with E-state index >= 15 is 0 Å². The van der Waals surface area contributed by atoms with Gasteiger partial charge in [-0.05, 0) is 31.9 Å². The largest absolute Gasteiger partial charge is 0.397 e. The van der Waals surface area contributed by atoms with Crippen LogP contribution in [0.4, 0.5) is 5.69 Å². The molecule has 0 aromatic carbocycles. The van der Waals surface area contributed by atoms with Gasteiger partial charge in [-0.1, -0.05) is 6.92 Å². The Morgan fingerprint density at radius 2 is 2.33 bits per heavy atom. The molecule has 0 radical (unpaired) electrons. The third kappa shape index (κ3) is 2.18. The lowest BCUT2D eigenvalue weighted by molar-refractivity contribution is 0.0944. The molecule has 2 rings (SSSR count). The first-order chi connectivity index (χ1) is 8.54. The van der Waals surface area contributed by atoms with Crippen LogP contribution >= 0.6 is 11.3 Å². The summed E-state index contributed by atoms with van der Waals surface area (Å²) in [7, 11) is 0. The van der Waals surface area contributed by atoms with Gasteiger partial charge in [0.15, 0.2) is 0 Å². The molecule has 0 spiro atoms. The maximum atomic E-state index is 12.1. The fourth-order valence-corrected chi connectivity index (χ4v) is 2.81. The molecule has 2 heterocycles. The van der Waals surface area contributed by atoms with Crippen molar-refractivity contribution in [2.75, 3.05) is 5.73 Å². The molecule has 18 heavy (non-hydrogen) atoms. The van der Waals surface area contributed by atoms with Crippen molar-refractivity contribution < 1.29 is 4.79 Å². The van der Waals surface area contributed by atoms with Gasteiger partial charge < -0.3 is 11.1 Å². The number of hydrogen-bond acceptors (Lipinski definition) is 4. The second kappa shape index (κ2) is 4.94. The second-order valence-corrected chi connectivity index (χ2v) is 5.43. The van der Waals surface area contributed by atoms with Crippen LogP contribution in [0.1, 0.15) is 35.5 Å². The predicted octanol–water partition coefficient (Wildman–Crippen LogP) is 2.72. The summed E-state index contributed by atoms with van der Waals surface area (Å²) in [6.07, 6.45) is 2.64. The Labute approximate surface area is 110 Å². The van der Waals surface area contributed by atoms with Crippen LogP contribution in [-0.4, -0.2) is 16.9 Å². The summed E-state index contributed by atoms with van der Waals surface area (Å²) < 4.78 is 0. The number of carbonyl (C=O) groups excluding carboxylic acids is 1. The highest BCUT2D eigenvalue weighted by Crippen LogP contribution is 2.34. The van der Waals surface area contributed by atoms with Crippen LogP contribution in [0.15, 0.2) is 12.3 Å². The molecule has 0 fully saturated rings. The Kier molecular flexibility index (Phi) is 3.52. The Morgan fingerprint density at radius 1 is 1.61 bits per heavy atom. The van der Waals surface area contributed by atoms with E-state index < -0.39 is 0 Å². The summed E-state index contributed by atoms with van der Waals surface area (Å²) >= 11 is 1.35. The molecule has 3 N–H and O–H groups in total. The van der Waals surface area contributed by atoms with Gasteiger partial charge in [-0.15, -0.1) is 11.3 Å². The Bertz CT molecular complexity index is 591. The number of hydrogen-bond donors (Lipinski definition) is 2. The van der Waals surface area contributed by atoms with E-state index in [2.05, 4.69) is 10.3 Å². The van der Waals surface area contributed by atoms with Gasteiger partial charge in [0.2, 0.25) is 0 Å². The molecule has 0 aliphatic carbocycles. The van der Waals surface area contributed by atoms with Gasteiger partial charge in [0.1, 0.15) is 9.71 Å². The van der Waals surface area contributed by atoms with E-state index in [9.17, 15) is 4.79 Å². The average Bonchev–Trinajstić information content (AvgIpc) is 2.68. The lowest BCUT2D eigenvalue weighted by Gasteiger charge is -2.10. The minimum Gasteiger partial charge on any atom is -0.397 e. The van der Waals surface area contributed by atoms with Gasteiger partial charge in [0, 0.05) is 17.6 Å². The predicted molar refractivity (Wildman–Crippen MR) is 76.0 cm³/mol. The highest BCUT2D eigenvalue weighted by atomic mass is 32.1. The summed E-state index contributed by atoms with van der Waals surface area (Å²) in [5, 5.41) is 3.83. The van der Waals surface area contributed by atoms with Crippen LogP contribution in [0.3, 0.4) is 0 Å². The molecule has 0 aliphatic rings. The number of nitrogen functional groups attached to an aromatic ring is 1. The standard InChI is InChI=1S/C13H17N3OS/c1-4-8(3)16-12(17)11-10(14)9-7(2)5-6-15-13(9)18-11/h5-6,8H,4,14H2,1-3H3,(H,16,17). The number of rotatable bonds is 3. The first-order valence-corrected chi connectivity index (χ1v) is 6.80. The van der Waals surface area contributed by atoms with Crippen molar-refractivity contribution in [2.45, 2.75) is 33.2 Å². The van der Waals surface area contributed by atoms with Gasteiger partial charge in [0.05, 0.1) is 5.69 Å². The van der Waals surface area contributed by atoms with Crippen molar-refractivity contribution in [1.82, 2.24) is 10.3 Å². The summed E-state index contributed by atoms with van der Waals surface area (Å²) in [6.45, 7) is 5.99. The maximum Gasteiger partial charge on any atom is 0.263 e. The minimum atomic E-state index is -0.107. The van der Waals surface area contributed by atoms with Gasteiger partial charge in [-0.25, -0.2) is 4.98 Å². The average molecular weight is 263 g/mol. The van der Waals surface area contributed by atoms with Crippen molar-refractivity contribution in [3.05, 3.63) is 22.7 Å². The third-order valence-electron chi connectivity index (χ3n) is 3.03. The zero-order valence-electron chi connectivity index (χ0n) is 10.8. The Morgan fingerprint density at radius 3 is 2.94 bits per heavy atom. The summed E-state index contributed by atoms with van der Waals surface area (Å²) in [5.74, 6) is -0.107. The van der Waals surface area contributed by atoms with E-state index in [1.807, 2.05) is 26.8 Å². The number of nitrogens with two attached hydrogens (primary N) is 1. The number of aromatic nitrogens is 1. The summed E-state index contributed by atoms with van der Waals surface area (Å²) in [6, 6.07) is 2.05. The van der Waals surface area contributed by atoms with E-state index in [1.165, 1.54) is 11.3 Å². The van der Waals surface area contributed by atoms with Crippen LogP contribution in [0.25, 0.3) is 10.2 Å². The molecule has 4 nitrogen and oxygen atoms in total. The second-order valence-electron chi connectivity index (χ2n) is 4.44. The molecular weight excluding hydrogens is 246 g/mol. The number of nitrogens with one attached hydrogen (secondary N) is 1. The number of amides is 1.